The molecule has 2 N–H and O–H groups in total. The Kier molecular flexibility index (Phi) is 6.26. The number of aromatic hydroxyl groups is 1. The van der Waals surface area contributed by atoms with E-state index in [1.165, 1.54) is 5.46 Å². The summed E-state index contributed by atoms with van der Waals surface area (Å²) in [6.07, 6.45) is -0.637. The third-order valence-corrected chi connectivity index (χ3v) is 6.51. The first-order valence-corrected chi connectivity index (χ1v) is 11.7. The highest BCUT2D eigenvalue weighted by Gasteiger charge is 2.27. The third-order valence-electron chi connectivity index (χ3n) is 6.51. The average Bonchev–Trinajstić information content (AvgIpc) is 2.89. The predicted molar refractivity (Wildman–Crippen MR) is 142 cm³/mol. The monoisotopic (exact) mass is 460 g/mol. The van der Waals surface area contributed by atoms with Gasteiger partial charge in [-0.25, -0.2) is 4.79 Å². The summed E-state index contributed by atoms with van der Waals surface area (Å²) in [6, 6.07) is 32.5. The van der Waals surface area contributed by atoms with Crippen molar-refractivity contribution >= 4 is 24.3 Å². The van der Waals surface area contributed by atoms with E-state index in [1.807, 2.05) is 54.6 Å². The van der Waals surface area contributed by atoms with Crippen LogP contribution in [0.3, 0.4) is 0 Å². The zero-order valence-corrected chi connectivity index (χ0v) is 19.4. The number of hydrogen-bond donors (Lipinski definition) is 2. The molecule has 5 rings (SSSR count). The van der Waals surface area contributed by atoms with Crippen LogP contribution < -0.4 is 11.1 Å². The molecule has 0 bridgehead atoms. The molecule has 0 aliphatic carbocycles. The van der Waals surface area contributed by atoms with Crippen LogP contribution in [-0.2, 0) is 0 Å². The summed E-state index contributed by atoms with van der Waals surface area (Å²) in [5, 5.41) is 22.8. The zero-order valence-electron chi connectivity index (χ0n) is 19.4. The normalized spacial score (nSPS) is 12.9. The number of fused-ring (bicyclic) bond motifs is 1. The minimum absolute atomic E-state index is 0.104. The van der Waals surface area contributed by atoms with Gasteiger partial charge in [-0.2, -0.15) is 0 Å². The van der Waals surface area contributed by atoms with E-state index in [0.29, 0.717) is 11.0 Å². The van der Waals surface area contributed by atoms with E-state index in [1.54, 1.807) is 24.3 Å². The predicted octanol–water partition coefficient (Wildman–Crippen LogP) is 4.68. The van der Waals surface area contributed by atoms with Crippen molar-refractivity contribution in [3.8, 4) is 16.9 Å². The molecule has 2 atom stereocenters. The van der Waals surface area contributed by atoms with Crippen molar-refractivity contribution in [3.05, 3.63) is 130 Å². The second-order valence-corrected chi connectivity index (χ2v) is 8.85. The Morgan fingerprint density at radius 1 is 0.743 bits per heavy atom. The van der Waals surface area contributed by atoms with Crippen LogP contribution in [0.2, 0.25) is 0 Å². The van der Waals surface area contributed by atoms with E-state index in [9.17, 15) is 15.0 Å². The van der Waals surface area contributed by atoms with Gasteiger partial charge in [-0.3, -0.25) is 0 Å². The molecule has 0 aliphatic heterocycles. The van der Waals surface area contributed by atoms with E-state index < -0.39 is 17.6 Å². The van der Waals surface area contributed by atoms with Crippen LogP contribution >= 0.6 is 0 Å². The van der Waals surface area contributed by atoms with Crippen molar-refractivity contribution < 1.29 is 14.6 Å². The van der Waals surface area contributed by atoms with Gasteiger partial charge in [0.2, 0.25) is 0 Å². The average molecular weight is 460 g/mol. The number of aliphatic hydroxyl groups excluding tert-OH is 1. The highest BCUT2D eigenvalue weighted by Crippen LogP contribution is 2.39. The van der Waals surface area contributed by atoms with Crippen molar-refractivity contribution in [3.63, 3.8) is 0 Å². The molecule has 0 aliphatic rings. The summed E-state index contributed by atoms with van der Waals surface area (Å²) in [5.41, 5.74) is 4.83. The lowest BCUT2D eigenvalue weighted by atomic mass is 9.84. The van der Waals surface area contributed by atoms with E-state index in [4.69, 9.17) is 4.42 Å². The maximum absolute atomic E-state index is 13.0. The van der Waals surface area contributed by atoms with Gasteiger partial charge in [-0.15, -0.1) is 0 Å². The maximum atomic E-state index is 13.0. The van der Waals surface area contributed by atoms with Gasteiger partial charge >= 0.3 is 5.63 Å². The zero-order chi connectivity index (χ0) is 24.4. The molecular formula is C30H25BO4. The second-order valence-electron chi connectivity index (χ2n) is 8.85. The minimum atomic E-state index is -0.849. The van der Waals surface area contributed by atoms with Gasteiger partial charge < -0.3 is 14.6 Å². The van der Waals surface area contributed by atoms with E-state index in [-0.39, 0.29) is 17.7 Å². The first kappa shape index (κ1) is 22.7. The first-order valence-electron chi connectivity index (χ1n) is 11.7. The summed E-state index contributed by atoms with van der Waals surface area (Å²) in [4.78, 5) is 13.0. The second kappa shape index (κ2) is 9.65. The minimum Gasteiger partial charge on any atom is -0.507 e. The molecule has 0 saturated heterocycles. The number of para-hydroxylation sites is 1. The molecule has 0 spiro atoms. The highest BCUT2D eigenvalue weighted by atomic mass is 16.4. The molecule has 0 radical (unpaired) electrons. The fourth-order valence-corrected chi connectivity index (χ4v) is 4.56. The van der Waals surface area contributed by atoms with Gasteiger partial charge in [-0.1, -0.05) is 96.5 Å². The molecule has 1 aromatic heterocycles. The van der Waals surface area contributed by atoms with Crippen LogP contribution in [-0.4, -0.2) is 18.1 Å². The fourth-order valence-electron chi connectivity index (χ4n) is 4.56. The molecule has 4 aromatic carbocycles. The lowest BCUT2D eigenvalue weighted by Gasteiger charge is -2.22. The van der Waals surface area contributed by atoms with E-state index in [0.717, 1.165) is 22.3 Å². The van der Waals surface area contributed by atoms with E-state index in [2.05, 4.69) is 32.1 Å². The van der Waals surface area contributed by atoms with Crippen LogP contribution in [0.15, 0.2) is 112 Å². The molecule has 0 amide bonds. The van der Waals surface area contributed by atoms with Crippen molar-refractivity contribution in [2.45, 2.75) is 18.4 Å². The Hall–Kier alpha value is -4.09. The largest absolute Gasteiger partial charge is 0.507 e. The summed E-state index contributed by atoms with van der Waals surface area (Å²) in [5.74, 6) is -0.656. The quantitative estimate of drug-likeness (QED) is 0.285. The van der Waals surface area contributed by atoms with Crippen LogP contribution in [0.5, 0.6) is 5.75 Å². The van der Waals surface area contributed by atoms with Gasteiger partial charge in [0.05, 0.1) is 17.1 Å². The molecule has 172 valence electrons. The molecule has 35 heavy (non-hydrogen) atoms. The standard InChI is InChI=1S/C30H25BO4/c31-23-16-14-20(15-17-23)19-10-12-22(13-11-19)26(32)18-25(21-6-2-1-3-7-21)28-29(33)24-8-4-5-9-27(24)35-30(28)34/h1-17,25-26,32-33H,18,31H2. The molecule has 1 heterocycles. The van der Waals surface area contributed by atoms with E-state index >= 15 is 0 Å². The van der Waals surface area contributed by atoms with Crippen LogP contribution in [0.4, 0.5) is 0 Å². The van der Waals surface area contributed by atoms with Gasteiger partial charge in [0.1, 0.15) is 19.2 Å². The number of hydrogen-bond acceptors (Lipinski definition) is 4. The Morgan fingerprint density at radius 3 is 2.03 bits per heavy atom. The molecule has 2 unspecified atom stereocenters. The topological polar surface area (TPSA) is 70.7 Å². The Morgan fingerprint density at radius 2 is 1.34 bits per heavy atom. The van der Waals surface area contributed by atoms with Crippen molar-refractivity contribution in [2.24, 2.45) is 0 Å². The number of aliphatic hydroxyl groups is 1. The summed E-state index contributed by atoms with van der Waals surface area (Å²) < 4.78 is 5.54. The number of rotatable bonds is 6. The van der Waals surface area contributed by atoms with Crippen LogP contribution in [0.1, 0.15) is 35.1 Å². The van der Waals surface area contributed by atoms with Crippen molar-refractivity contribution in [2.75, 3.05) is 0 Å². The summed E-state index contributed by atoms with van der Waals surface area (Å²) >= 11 is 0. The molecule has 0 saturated carbocycles. The summed E-state index contributed by atoms with van der Waals surface area (Å²) in [6.45, 7) is 0. The molecule has 5 heteroatoms. The van der Waals surface area contributed by atoms with Gasteiger partial charge in [0, 0.05) is 5.92 Å². The maximum Gasteiger partial charge on any atom is 0.343 e. The highest BCUT2D eigenvalue weighted by molar-refractivity contribution is 6.32. The molecule has 5 aromatic rings. The van der Waals surface area contributed by atoms with Gasteiger partial charge in [0.25, 0.3) is 0 Å². The Bertz CT molecular complexity index is 1510. The van der Waals surface area contributed by atoms with Gasteiger partial charge in [0.15, 0.2) is 0 Å². The SMILES string of the molecule is Bc1ccc(-c2ccc(C(O)CC(c3ccccc3)c3c(O)c4ccccc4oc3=O)cc2)cc1. The third kappa shape index (κ3) is 4.64. The lowest BCUT2D eigenvalue weighted by molar-refractivity contribution is 0.161. The van der Waals surface area contributed by atoms with Crippen molar-refractivity contribution in [1.29, 1.82) is 0 Å². The first-order chi connectivity index (χ1) is 17.0. The van der Waals surface area contributed by atoms with Crippen molar-refractivity contribution in [1.82, 2.24) is 0 Å². The molecule has 4 nitrogen and oxygen atoms in total. The van der Waals surface area contributed by atoms with Gasteiger partial charge in [-0.05, 0) is 40.8 Å². The molecule has 0 fully saturated rings. The summed E-state index contributed by atoms with van der Waals surface area (Å²) in [7, 11) is 2.06. The lowest BCUT2D eigenvalue weighted by Crippen LogP contribution is -2.17. The Balaban J connectivity index is 1.50. The number of benzene rings is 4. The molecular weight excluding hydrogens is 435 g/mol. The Labute approximate surface area is 204 Å². The van der Waals surface area contributed by atoms with Crippen LogP contribution in [0, 0.1) is 0 Å². The van der Waals surface area contributed by atoms with Crippen LogP contribution in [0.25, 0.3) is 22.1 Å². The smallest absolute Gasteiger partial charge is 0.343 e. The fraction of sp³-hybridized carbons (Fsp3) is 0.100.